The lowest BCUT2D eigenvalue weighted by molar-refractivity contribution is -0.138. The van der Waals surface area contributed by atoms with Crippen LogP contribution in [0.2, 0.25) is 0 Å². The van der Waals surface area contributed by atoms with E-state index in [2.05, 4.69) is 4.98 Å². The van der Waals surface area contributed by atoms with E-state index >= 15 is 0 Å². The molecule has 2 aromatic carbocycles. The van der Waals surface area contributed by atoms with Crippen molar-refractivity contribution < 1.29 is 30.4 Å². The van der Waals surface area contributed by atoms with Gasteiger partial charge < -0.3 is 0 Å². The summed E-state index contributed by atoms with van der Waals surface area (Å²) in [6, 6.07) is 6.72. The summed E-state index contributed by atoms with van der Waals surface area (Å²) < 4.78 is 90.8. The first kappa shape index (κ1) is 20.9. The summed E-state index contributed by atoms with van der Waals surface area (Å²) in [4.78, 5) is 2.87. The van der Waals surface area contributed by atoms with Crippen LogP contribution in [0.3, 0.4) is 0 Å². The highest BCUT2D eigenvalue weighted by atomic mass is 32.2. The molecular weight excluding hydrogens is 413 g/mol. The number of nitrogens with zero attached hydrogens (tertiary/aromatic N) is 1. The molecule has 3 nitrogen and oxygen atoms in total. The van der Waals surface area contributed by atoms with Crippen molar-refractivity contribution >= 4 is 9.84 Å². The number of hydrogen-bond acceptors (Lipinski definition) is 3. The average Bonchev–Trinajstić information content (AvgIpc) is 2.58. The molecule has 9 heteroatoms. The van der Waals surface area contributed by atoms with E-state index < -0.39 is 38.1 Å². The molecule has 1 heterocycles. The van der Waals surface area contributed by atoms with Gasteiger partial charge in [-0.15, -0.1) is 0 Å². The van der Waals surface area contributed by atoms with Crippen molar-refractivity contribution in [3.8, 4) is 22.3 Å². The molecule has 1 aromatic heterocycles. The first-order valence-corrected chi connectivity index (χ1v) is 10.1. The highest BCUT2D eigenvalue weighted by Gasteiger charge is 2.32. The number of sulfone groups is 1. The van der Waals surface area contributed by atoms with Crippen LogP contribution in [0.25, 0.3) is 22.3 Å². The van der Waals surface area contributed by atoms with Crippen LogP contribution in [0, 0.1) is 18.6 Å². The fraction of sp³-hybridized carbons (Fsp3) is 0.150. The molecule has 0 fully saturated rings. The predicted molar refractivity (Wildman–Crippen MR) is 97.9 cm³/mol. The molecule has 29 heavy (non-hydrogen) atoms. The summed E-state index contributed by atoms with van der Waals surface area (Å²) in [6.07, 6.45) is -1.12. The molecule has 0 saturated heterocycles. The van der Waals surface area contributed by atoms with Crippen molar-refractivity contribution in [2.45, 2.75) is 18.0 Å². The van der Waals surface area contributed by atoms with Crippen molar-refractivity contribution in [3.05, 3.63) is 71.6 Å². The topological polar surface area (TPSA) is 47.0 Å². The number of alkyl halides is 3. The largest absolute Gasteiger partial charge is 0.416 e. The number of rotatable bonds is 3. The summed E-state index contributed by atoms with van der Waals surface area (Å²) in [7, 11) is -4.12. The summed E-state index contributed by atoms with van der Waals surface area (Å²) >= 11 is 0. The lowest BCUT2D eigenvalue weighted by Gasteiger charge is -2.14. The molecule has 3 rings (SSSR count). The third-order valence-corrected chi connectivity index (χ3v) is 5.48. The fourth-order valence-corrected chi connectivity index (χ4v) is 3.92. The van der Waals surface area contributed by atoms with Gasteiger partial charge >= 0.3 is 6.18 Å². The lowest BCUT2D eigenvalue weighted by atomic mass is 9.94. The Bertz CT molecular complexity index is 1180. The van der Waals surface area contributed by atoms with E-state index in [1.807, 2.05) is 0 Å². The minimum atomic E-state index is -4.50. The Balaban J connectivity index is 2.18. The maximum atomic E-state index is 14.3. The van der Waals surface area contributed by atoms with Crippen LogP contribution in [-0.4, -0.2) is 19.7 Å². The molecule has 3 aromatic rings. The average molecular weight is 427 g/mol. The van der Waals surface area contributed by atoms with Gasteiger partial charge in [-0.1, -0.05) is 12.1 Å². The normalized spacial score (nSPS) is 12.2. The quantitative estimate of drug-likeness (QED) is 0.524. The predicted octanol–water partition coefficient (Wildman–Crippen LogP) is 5.42. The van der Waals surface area contributed by atoms with E-state index in [0.29, 0.717) is 17.4 Å². The van der Waals surface area contributed by atoms with Crippen LogP contribution >= 0.6 is 0 Å². The third-order valence-electron chi connectivity index (χ3n) is 4.34. The van der Waals surface area contributed by atoms with E-state index in [1.165, 1.54) is 37.5 Å². The monoisotopic (exact) mass is 427 g/mol. The second-order valence-corrected chi connectivity index (χ2v) is 8.44. The molecule has 152 valence electrons. The van der Waals surface area contributed by atoms with Crippen molar-refractivity contribution in [2.24, 2.45) is 0 Å². The van der Waals surface area contributed by atoms with E-state index in [0.717, 1.165) is 18.2 Å². The number of pyridine rings is 1. The van der Waals surface area contributed by atoms with E-state index in [9.17, 15) is 30.4 Å². The molecule has 0 spiro atoms. The number of aryl methyl sites for hydroxylation is 1. The molecular formula is C20H14F5NO2S. The number of halogens is 5. The van der Waals surface area contributed by atoms with Gasteiger partial charge in [0.2, 0.25) is 0 Å². The highest BCUT2D eigenvalue weighted by Crippen LogP contribution is 2.37. The van der Waals surface area contributed by atoms with Crippen LogP contribution in [0.15, 0.2) is 53.7 Å². The molecule has 0 aliphatic rings. The highest BCUT2D eigenvalue weighted by molar-refractivity contribution is 7.90. The molecule has 0 N–H and O–H groups in total. The Morgan fingerprint density at radius 3 is 2.03 bits per heavy atom. The zero-order valence-electron chi connectivity index (χ0n) is 15.2. The Morgan fingerprint density at radius 1 is 0.897 bits per heavy atom. The molecule has 0 aliphatic heterocycles. The maximum absolute atomic E-state index is 14.3. The van der Waals surface area contributed by atoms with Crippen LogP contribution in [0.4, 0.5) is 22.0 Å². The van der Waals surface area contributed by atoms with Gasteiger partial charge in [-0.05, 0) is 53.4 Å². The smallest absolute Gasteiger partial charge is 0.264 e. The zero-order chi connectivity index (χ0) is 21.6. The standard InChI is InChI=1S/C20H14F5NO2S/c1-11-7-12(3-4-16(11)20(23,24)25)14-5-6-26-10-15(14)13-8-17(21)19(18(22)9-13)29(2,27)28/h3-10H,1-2H3. The summed E-state index contributed by atoms with van der Waals surface area (Å²) in [5, 5.41) is 0. The van der Waals surface area contributed by atoms with Crippen LogP contribution in [-0.2, 0) is 16.0 Å². The molecule has 0 aliphatic carbocycles. The SMILES string of the molecule is Cc1cc(-c2ccncc2-c2cc(F)c(S(C)(=O)=O)c(F)c2)ccc1C(F)(F)F. The summed E-state index contributed by atoms with van der Waals surface area (Å²) in [6.45, 7) is 1.31. The van der Waals surface area contributed by atoms with E-state index in [4.69, 9.17) is 0 Å². The molecule has 0 atom stereocenters. The van der Waals surface area contributed by atoms with Gasteiger partial charge in [-0.25, -0.2) is 17.2 Å². The van der Waals surface area contributed by atoms with Crippen molar-refractivity contribution in [3.63, 3.8) is 0 Å². The lowest BCUT2D eigenvalue weighted by Crippen LogP contribution is -2.07. The van der Waals surface area contributed by atoms with Gasteiger partial charge in [-0.2, -0.15) is 13.2 Å². The number of hydrogen-bond donors (Lipinski definition) is 0. The Morgan fingerprint density at radius 2 is 1.52 bits per heavy atom. The fourth-order valence-electron chi connectivity index (χ4n) is 3.10. The molecule has 0 unspecified atom stereocenters. The molecule has 0 radical (unpaired) electrons. The Kier molecular flexibility index (Phi) is 5.20. The van der Waals surface area contributed by atoms with Gasteiger partial charge in [0, 0.05) is 24.2 Å². The Labute approximate surface area is 163 Å². The summed E-state index contributed by atoms with van der Waals surface area (Å²) in [5.74, 6) is -2.53. The van der Waals surface area contributed by atoms with Crippen LogP contribution < -0.4 is 0 Å². The van der Waals surface area contributed by atoms with Crippen LogP contribution in [0.5, 0.6) is 0 Å². The van der Waals surface area contributed by atoms with Crippen molar-refractivity contribution in [1.29, 1.82) is 0 Å². The molecule has 0 amide bonds. The molecule has 0 bridgehead atoms. The van der Waals surface area contributed by atoms with Crippen molar-refractivity contribution in [1.82, 2.24) is 4.98 Å². The van der Waals surface area contributed by atoms with Gasteiger partial charge in [-0.3, -0.25) is 4.98 Å². The molecule has 0 saturated carbocycles. The second-order valence-electron chi connectivity index (χ2n) is 6.49. The summed E-state index contributed by atoms with van der Waals surface area (Å²) in [5.41, 5.74) is 0.232. The van der Waals surface area contributed by atoms with Gasteiger partial charge in [0.25, 0.3) is 0 Å². The number of aromatic nitrogens is 1. The van der Waals surface area contributed by atoms with E-state index in [-0.39, 0.29) is 16.7 Å². The van der Waals surface area contributed by atoms with Crippen LogP contribution in [0.1, 0.15) is 11.1 Å². The van der Waals surface area contributed by atoms with Gasteiger partial charge in [0.15, 0.2) is 9.84 Å². The second kappa shape index (κ2) is 7.22. The minimum absolute atomic E-state index is 0.00745. The first-order valence-electron chi connectivity index (χ1n) is 8.21. The van der Waals surface area contributed by atoms with Crippen molar-refractivity contribution in [2.75, 3.05) is 6.26 Å². The maximum Gasteiger partial charge on any atom is 0.416 e. The van der Waals surface area contributed by atoms with Gasteiger partial charge in [0.1, 0.15) is 16.5 Å². The number of benzene rings is 2. The minimum Gasteiger partial charge on any atom is -0.264 e. The Hall–Kier alpha value is -2.81. The third kappa shape index (κ3) is 4.14. The zero-order valence-corrected chi connectivity index (χ0v) is 16.0. The van der Waals surface area contributed by atoms with E-state index in [1.54, 1.807) is 0 Å². The first-order chi connectivity index (χ1) is 13.4. The van der Waals surface area contributed by atoms with Gasteiger partial charge in [0.05, 0.1) is 5.56 Å².